The normalized spacial score (nSPS) is 23.5. The number of sulfonamides is 1. The van der Waals surface area contributed by atoms with Crippen LogP contribution in [0.15, 0.2) is 0 Å². The maximum absolute atomic E-state index is 12.5. The zero-order chi connectivity index (χ0) is 17.6. The second-order valence-corrected chi connectivity index (χ2v) is 8.49. The predicted molar refractivity (Wildman–Crippen MR) is 85.3 cm³/mol. The lowest BCUT2D eigenvalue weighted by Crippen LogP contribution is -2.46. The van der Waals surface area contributed by atoms with Crippen LogP contribution in [-0.4, -0.2) is 44.4 Å². The van der Waals surface area contributed by atoms with Crippen LogP contribution < -0.4 is 4.72 Å². The molecule has 1 rings (SSSR count). The van der Waals surface area contributed by atoms with Crippen LogP contribution in [0.5, 0.6) is 0 Å². The highest BCUT2D eigenvalue weighted by molar-refractivity contribution is 7.90. The number of carboxylic acids is 1. The molecule has 0 aromatic heterocycles. The smallest absolute Gasteiger partial charge is 0.310 e. The van der Waals surface area contributed by atoms with Gasteiger partial charge < -0.3 is 9.84 Å². The molecule has 3 unspecified atom stereocenters. The molecule has 0 aromatic carbocycles. The first-order valence-electron chi connectivity index (χ1n) is 7.98. The van der Waals surface area contributed by atoms with Crippen molar-refractivity contribution in [2.75, 3.05) is 13.7 Å². The summed E-state index contributed by atoms with van der Waals surface area (Å²) in [6.07, 6.45) is 2.77. The number of carbonyl (C=O) groups excluding carboxylic acids is 1. The Labute approximate surface area is 137 Å². The van der Waals surface area contributed by atoms with E-state index in [0.717, 1.165) is 12.8 Å². The number of hydrogen-bond donors (Lipinski definition) is 2. The van der Waals surface area contributed by atoms with Crippen LogP contribution in [0.3, 0.4) is 0 Å². The molecule has 1 fully saturated rings. The molecule has 0 bridgehead atoms. The standard InChI is InChI=1S/C15H27NO6S/c1-10(2)8-11(14(17)18)9-16-23(20,21)13-7-5-4-6-12(13)15(19)22-3/h10-13,16H,4-9H2,1-3H3,(H,17,18). The number of rotatable bonds is 8. The van der Waals surface area contributed by atoms with E-state index in [1.807, 2.05) is 13.8 Å². The summed E-state index contributed by atoms with van der Waals surface area (Å²) < 4.78 is 32.1. The molecule has 7 nitrogen and oxygen atoms in total. The second kappa shape index (κ2) is 8.63. The van der Waals surface area contributed by atoms with Gasteiger partial charge in [-0.1, -0.05) is 26.7 Å². The number of carbonyl (C=O) groups is 2. The summed E-state index contributed by atoms with van der Waals surface area (Å²) in [5.74, 6) is -2.84. The fourth-order valence-corrected chi connectivity index (χ4v) is 4.86. The van der Waals surface area contributed by atoms with Gasteiger partial charge in [-0.2, -0.15) is 0 Å². The van der Waals surface area contributed by atoms with E-state index in [1.54, 1.807) is 0 Å². The van der Waals surface area contributed by atoms with Crippen LogP contribution in [0.25, 0.3) is 0 Å². The molecule has 0 aromatic rings. The van der Waals surface area contributed by atoms with Crippen molar-refractivity contribution in [1.29, 1.82) is 0 Å². The average Bonchev–Trinajstić information content (AvgIpc) is 2.50. The number of ether oxygens (including phenoxy) is 1. The van der Waals surface area contributed by atoms with Crippen LogP contribution in [0, 0.1) is 17.8 Å². The van der Waals surface area contributed by atoms with Gasteiger partial charge in [-0.15, -0.1) is 0 Å². The third-order valence-electron chi connectivity index (χ3n) is 4.24. The second-order valence-electron chi connectivity index (χ2n) is 6.51. The van der Waals surface area contributed by atoms with Gasteiger partial charge >= 0.3 is 11.9 Å². The minimum Gasteiger partial charge on any atom is -0.481 e. The largest absolute Gasteiger partial charge is 0.481 e. The number of methoxy groups -OCH3 is 1. The van der Waals surface area contributed by atoms with Crippen LogP contribution in [0.4, 0.5) is 0 Å². The topological polar surface area (TPSA) is 110 Å². The minimum atomic E-state index is -3.77. The van der Waals surface area contributed by atoms with Gasteiger partial charge in [0.2, 0.25) is 10.0 Å². The molecular formula is C15H27NO6S. The number of nitrogens with one attached hydrogen (secondary N) is 1. The fraction of sp³-hybridized carbons (Fsp3) is 0.867. The first-order valence-corrected chi connectivity index (χ1v) is 9.52. The van der Waals surface area contributed by atoms with Gasteiger partial charge in [0, 0.05) is 6.54 Å². The van der Waals surface area contributed by atoms with Gasteiger partial charge in [-0.05, 0) is 25.2 Å². The van der Waals surface area contributed by atoms with E-state index in [2.05, 4.69) is 4.72 Å². The Morgan fingerprint density at radius 3 is 2.39 bits per heavy atom. The molecule has 23 heavy (non-hydrogen) atoms. The summed E-state index contributed by atoms with van der Waals surface area (Å²) in [4.78, 5) is 23.0. The van der Waals surface area contributed by atoms with Crippen LogP contribution >= 0.6 is 0 Å². The first-order chi connectivity index (χ1) is 10.7. The molecule has 1 saturated carbocycles. The van der Waals surface area contributed by atoms with Crippen molar-refractivity contribution in [3.63, 3.8) is 0 Å². The zero-order valence-electron chi connectivity index (χ0n) is 13.9. The van der Waals surface area contributed by atoms with E-state index >= 15 is 0 Å². The Kier molecular flexibility index (Phi) is 7.47. The highest BCUT2D eigenvalue weighted by atomic mass is 32.2. The predicted octanol–water partition coefficient (Wildman–Crippen LogP) is 1.38. The molecule has 0 heterocycles. The first kappa shape index (κ1) is 19.9. The van der Waals surface area contributed by atoms with Gasteiger partial charge in [-0.25, -0.2) is 13.1 Å². The Bertz CT molecular complexity index is 516. The average molecular weight is 349 g/mol. The highest BCUT2D eigenvalue weighted by Gasteiger charge is 2.40. The number of aliphatic carboxylic acids is 1. The maximum atomic E-state index is 12.5. The quantitative estimate of drug-likeness (QED) is 0.641. The summed E-state index contributed by atoms with van der Waals surface area (Å²) >= 11 is 0. The number of esters is 1. The Morgan fingerprint density at radius 2 is 1.87 bits per heavy atom. The Hall–Kier alpha value is -1.15. The third kappa shape index (κ3) is 5.76. The summed E-state index contributed by atoms with van der Waals surface area (Å²) in [6.45, 7) is 3.62. The van der Waals surface area contributed by atoms with Crippen LogP contribution in [0.2, 0.25) is 0 Å². The van der Waals surface area contributed by atoms with Crippen molar-refractivity contribution in [3.8, 4) is 0 Å². The molecule has 1 aliphatic rings. The zero-order valence-corrected chi connectivity index (χ0v) is 14.8. The third-order valence-corrected chi connectivity index (χ3v) is 6.17. The van der Waals surface area contributed by atoms with Crippen LogP contribution in [-0.2, 0) is 24.3 Å². The SMILES string of the molecule is COC(=O)C1CCCCC1S(=O)(=O)NCC(CC(C)C)C(=O)O. The Balaban J connectivity index is 2.79. The molecule has 0 aliphatic heterocycles. The molecular weight excluding hydrogens is 322 g/mol. The fourth-order valence-electron chi connectivity index (χ4n) is 3.05. The van der Waals surface area contributed by atoms with E-state index in [-0.39, 0.29) is 12.5 Å². The summed E-state index contributed by atoms with van der Waals surface area (Å²) in [5.41, 5.74) is 0. The number of hydrogen-bond acceptors (Lipinski definition) is 5. The van der Waals surface area contributed by atoms with Gasteiger partial charge in [0.1, 0.15) is 0 Å². The molecule has 2 N–H and O–H groups in total. The monoisotopic (exact) mass is 349 g/mol. The van der Waals surface area contributed by atoms with Crippen molar-refractivity contribution in [2.24, 2.45) is 17.8 Å². The van der Waals surface area contributed by atoms with Crippen LogP contribution in [0.1, 0.15) is 46.0 Å². The minimum absolute atomic E-state index is 0.151. The summed E-state index contributed by atoms with van der Waals surface area (Å²) in [5, 5.41) is 8.35. The summed E-state index contributed by atoms with van der Waals surface area (Å²) in [7, 11) is -2.52. The van der Waals surface area contributed by atoms with Gasteiger partial charge in [0.05, 0.1) is 24.2 Å². The van der Waals surface area contributed by atoms with Crippen molar-refractivity contribution in [2.45, 2.75) is 51.2 Å². The molecule has 1 aliphatic carbocycles. The van der Waals surface area contributed by atoms with Crippen molar-refractivity contribution >= 4 is 22.0 Å². The molecule has 0 amide bonds. The molecule has 0 radical (unpaired) electrons. The lowest BCUT2D eigenvalue weighted by molar-refractivity contribution is -0.146. The lowest BCUT2D eigenvalue weighted by Gasteiger charge is -2.29. The lowest BCUT2D eigenvalue weighted by atomic mass is 9.89. The number of carboxylic acid groups (broad SMARTS) is 1. The van der Waals surface area contributed by atoms with E-state index in [4.69, 9.17) is 4.74 Å². The molecule has 8 heteroatoms. The van der Waals surface area contributed by atoms with E-state index in [9.17, 15) is 23.1 Å². The summed E-state index contributed by atoms with van der Waals surface area (Å²) in [6, 6.07) is 0. The molecule has 3 atom stereocenters. The van der Waals surface area contributed by atoms with E-state index in [0.29, 0.717) is 19.3 Å². The van der Waals surface area contributed by atoms with Crippen molar-refractivity contribution in [3.05, 3.63) is 0 Å². The molecule has 0 spiro atoms. The molecule has 0 saturated heterocycles. The molecule has 134 valence electrons. The van der Waals surface area contributed by atoms with Crippen molar-refractivity contribution in [1.82, 2.24) is 4.72 Å². The maximum Gasteiger partial charge on any atom is 0.310 e. The van der Waals surface area contributed by atoms with Crippen molar-refractivity contribution < 1.29 is 27.9 Å². The highest BCUT2D eigenvalue weighted by Crippen LogP contribution is 2.30. The Morgan fingerprint density at radius 1 is 1.26 bits per heavy atom. The van der Waals surface area contributed by atoms with E-state index in [1.165, 1.54) is 7.11 Å². The van der Waals surface area contributed by atoms with Gasteiger partial charge in [-0.3, -0.25) is 9.59 Å². The van der Waals surface area contributed by atoms with E-state index < -0.39 is 39.0 Å². The van der Waals surface area contributed by atoms with Gasteiger partial charge in [0.25, 0.3) is 0 Å². The van der Waals surface area contributed by atoms with Gasteiger partial charge in [0.15, 0.2) is 0 Å².